The molecule has 0 aliphatic carbocycles. The van der Waals surface area contributed by atoms with Crippen LogP contribution in [-0.4, -0.2) is 17.6 Å². The highest BCUT2D eigenvalue weighted by atomic mass is 79.9. The van der Waals surface area contributed by atoms with Crippen molar-refractivity contribution in [3.63, 3.8) is 0 Å². The first kappa shape index (κ1) is 22.3. The summed E-state index contributed by atoms with van der Waals surface area (Å²) in [6, 6.07) is 25.4. The number of amides is 2. The maximum Gasteiger partial charge on any atom is 0.272 e. The number of hydrogen-bond donors (Lipinski definition) is 2. The van der Waals surface area contributed by atoms with E-state index in [4.69, 9.17) is 5.26 Å². The first-order chi connectivity index (χ1) is 15.0. The second-order valence-corrected chi connectivity index (χ2v) is 8.32. The lowest BCUT2D eigenvalue weighted by molar-refractivity contribution is -0.113. The summed E-state index contributed by atoms with van der Waals surface area (Å²) >= 11 is 4.77. The van der Waals surface area contributed by atoms with Gasteiger partial charge in [-0.1, -0.05) is 52.3 Å². The van der Waals surface area contributed by atoms with Crippen molar-refractivity contribution in [2.75, 3.05) is 11.1 Å². The summed E-state index contributed by atoms with van der Waals surface area (Å²) in [5, 5.41) is 14.3. The van der Waals surface area contributed by atoms with Gasteiger partial charge in [-0.2, -0.15) is 5.26 Å². The highest BCUT2D eigenvalue weighted by Gasteiger charge is 2.15. The van der Waals surface area contributed by atoms with E-state index in [2.05, 4.69) is 32.6 Å². The van der Waals surface area contributed by atoms with E-state index in [9.17, 15) is 9.59 Å². The molecule has 3 rings (SSSR count). The lowest BCUT2D eigenvalue weighted by atomic mass is 10.1. The zero-order valence-corrected chi connectivity index (χ0v) is 18.7. The third-order valence-corrected chi connectivity index (χ3v) is 5.49. The summed E-state index contributed by atoms with van der Waals surface area (Å²) in [5.41, 5.74) is 1.90. The molecule has 2 N–H and O–H groups in total. The van der Waals surface area contributed by atoms with Crippen LogP contribution in [0.15, 0.2) is 93.9 Å². The first-order valence-electron chi connectivity index (χ1n) is 9.30. The van der Waals surface area contributed by atoms with Crippen LogP contribution in [0.3, 0.4) is 0 Å². The van der Waals surface area contributed by atoms with Crippen LogP contribution in [0, 0.1) is 11.3 Å². The van der Waals surface area contributed by atoms with E-state index < -0.39 is 5.91 Å². The Hall–Kier alpha value is -3.34. The summed E-state index contributed by atoms with van der Waals surface area (Å²) in [6.45, 7) is 0. The molecule has 0 aromatic heterocycles. The molecule has 0 unspecified atom stereocenters. The third kappa shape index (κ3) is 6.85. The van der Waals surface area contributed by atoms with Crippen molar-refractivity contribution < 1.29 is 9.59 Å². The molecule has 0 aliphatic heterocycles. The normalized spacial score (nSPS) is 10.8. The molecular weight excluding hydrogens is 474 g/mol. The summed E-state index contributed by atoms with van der Waals surface area (Å²) in [4.78, 5) is 26.5. The molecule has 31 heavy (non-hydrogen) atoms. The Balaban J connectivity index is 1.84. The molecular formula is C24H18BrN3O2S. The van der Waals surface area contributed by atoms with Crippen molar-refractivity contribution in [2.45, 2.75) is 4.90 Å². The fourth-order valence-corrected chi connectivity index (χ4v) is 3.53. The molecule has 5 nitrogen and oxygen atoms in total. The van der Waals surface area contributed by atoms with E-state index in [1.165, 1.54) is 11.8 Å². The molecule has 0 aliphatic rings. The molecule has 154 valence electrons. The molecule has 3 aromatic rings. The number of anilines is 1. The van der Waals surface area contributed by atoms with Gasteiger partial charge in [0.1, 0.15) is 5.70 Å². The number of carbonyl (C=O) groups excluding carboxylic acids is 2. The van der Waals surface area contributed by atoms with Gasteiger partial charge in [-0.15, -0.1) is 11.8 Å². The number of halogens is 1. The van der Waals surface area contributed by atoms with Crippen LogP contribution in [-0.2, 0) is 4.79 Å². The fraction of sp³-hybridized carbons (Fsp3) is 0.0417. The summed E-state index contributed by atoms with van der Waals surface area (Å²) in [5.74, 6) is -0.508. The third-order valence-electron chi connectivity index (χ3n) is 4.11. The zero-order valence-electron chi connectivity index (χ0n) is 16.3. The van der Waals surface area contributed by atoms with Gasteiger partial charge in [0, 0.05) is 20.6 Å². The van der Waals surface area contributed by atoms with Crippen LogP contribution < -0.4 is 10.6 Å². The summed E-state index contributed by atoms with van der Waals surface area (Å²) in [6.07, 6.45) is 1.62. The second kappa shape index (κ2) is 11.2. The van der Waals surface area contributed by atoms with Crippen LogP contribution in [0.1, 0.15) is 15.9 Å². The quantitative estimate of drug-likeness (QED) is 0.338. The van der Waals surface area contributed by atoms with E-state index in [1.807, 2.05) is 36.4 Å². The molecule has 0 bridgehead atoms. The summed E-state index contributed by atoms with van der Waals surface area (Å²) in [7, 11) is 0. The molecule has 0 saturated carbocycles. The molecule has 0 radical (unpaired) electrons. The van der Waals surface area contributed by atoms with Crippen molar-refractivity contribution in [1.29, 1.82) is 5.26 Å². The molecule has 2 amide bonds. The number of thioether (sulfide) groups is 1. The Bertz CT molecular complexity index is 1140. The number of hydrogen-bond acceptors (Lipinski definition) is 4. The molecule has 0 atom stereocenters. The maximum atomic E-state index is 13.0. The van der Waals surface area contributed by atoms with Gasteiger partial charge in [-0.05, 0) is 54.1 Å². The van der Waals surface area contributed by atoms with Gasteiger partial charge >= 0.3 is 0 Å². The van der Waals surface area contributed by atoms with Crippen LogP contribution in [0.2, 0.25) is 0 Å². The fourth-order valence-electron chi connectivity index (χ4n) is 2.65. The highest BCUT2D eigenvalue weighted by molar-refractivity contribution is 9.10. The minimum atomic E-state index is -0.449. The van der Waals surface area contributed by atoms with Crippen molar-refractivity contribution in [3.8, 4) is 6.07 Å². The highest BCUT2D eigenvalue weighted by Crippen LogP contribution is 2.22. The van der Waals surface area contributed by atoms with Gasteiger partial charge in [-0.3, -0.25) is 9.59 Å². The number of benzene rings is 3. The average Bonchev–Trinajstić information content (AvgIpc) is 2.79. The molecule has 0 heterocycles. The van der Waals surface area contributed by atoms with Crippen LogP contribution in [0.5, 0.6) is 0 Å². The lowest BCUT2D eigenvalue weighted by Crippen LogP contribution is -2.30. The van der Waals surface area contributed by atoms with E-state index in [1.54, 1.807) is 48.5 Å². The van der Waals surface area contributed by atoms with Gasteiger partial charge in [0.15, 0.2) is 0 Å². The predicted octanol–water partition coefficient (Wildman–Crippen LogP) is 5.47. The number of nitriles is 1. The van der Waals surface area contributed by atoms with Gasteiger partial charge in [0.2, 0.25) is 0 Å². The molecule has 0 fully saturated rings. The van der Waals surface area contributed by atoms with Gasteiger partial charge in [0.05, 0.1) is 11.8 Å². The van der Waals surface area contributed by atoms with E-state index in [-0.39, 0.29) is 11.6 Å². The number of carbonyl (C=O) groups is 2. The van der Waals surface area contributed by atoms with Gasteiger partial charge in [0.25, 0.3) is 11.8 Å². The minimum Gasteiger partial charge on any atom is -0.321 e. The van der Waals surface area contributed by atoms with Gasteiger partial charge < -0.3 is 10.6 Å². The smallest absolute Gasteiger partial charge is 0.272 e. The van der Waals surface area contributed by atoms with Crippen molar-refractivity contribution >= 4 is 51.3 Å². The largest absolute Gasteiger partial charge is 0.321 e. The predicted molar refractivity (Wildman–Crippen MR) is 127 cm³/mol. The van der Waals surface area contributed by atoms with Crippen LogP contribution >= 0.6 is 27.7 Å². The number of rotatable bonds is 7. The molecule has 0 spiro atoms. The zero-order chi connectivity index (χ0) is 22.1. The Morgan fingerprint density at radius 1 is 1.00 bits per heavy atom. The Kier molecular flexibility index (Phi) is 8.05. The van der Waals surface area contributed by atoms with Crippen molar-refractivity contribution in [3.05, 3.63) is 100 Å². The SMILES string of the molecule is N#CCSc1cccc(NC(=O)/C(=C/c2ccc(Br)cc2)NC(=O)c2ccccc2)c1. The second-order valence-electron chi connectivity index (χ2n) is 6.36. The Labute approximate surface area is 193 Å². The summed E-state index contributed by atoms with van der Waals surface area (Å²) < 4.78 is 0.913. The molecule has 7 heteroatoms. The van der Waals surface area contributed by atoms with Crippen molar-refractivity contribution in [1.82, 2.24) is 5.32 Å². The first-order valence-corrected chi connectivity index (χ1v) is 11.1. The number of nitrogens with zero attached hydrogens (tertiary/aromatic N) is 1. The monoisotopic (exact) mass is 491 g/mol. The van der Waals surface area contributed by atoms with E-state index >= 15 is 0 Å². The van der Waals surface area contributed by atoms with Gasteiger partial charge in [-0.25, -0.2) is 0 Å². The lowest BCUT2D eigenvalue weighted by Gasteiger charge is -2.12. The topological polar surface area (TPSA) is 82.0 Å². The maximum absolute atomic E-state index is 13.0. The molecule has 0 saturated heterocycles. The van der Waals surface area contributed by atoms with E-state index in [0.29, 0.717) is 17.0 Å². The Morgan fingerprint density at radius 3 is 2.45 bits per heavy atom. The van der Waals surface area contributed by atoms with E-state index in [0.717, 1.165) is 14.9 Å². The van der Waals surface area contributed by atoms with Crippen molar-refractivity contribution in [2.24, 2.45) is 0 Å². The number of nitrogens with one attached hydrogen (secondary N) is 2. The van der Waals surface area contributed by atoms with Crippen LogP contribution in [0.4, 0.5) is 5.69 Å². The molecule has 3 aromatic carbocycles. The standard InChI is InChI=1S/C24H18BrN3O2S/c25-19-11-9-17(10-12-19)15-22(28-23(29)18-5-2-1-3-6-18)24(30)27-20-7-4-8-21(16-20)31-14-13-26/h1-12,15-16H,14H2,(H,27,30)(H,28,29)/b22-15-. The van der Waals surface area contributed by atoms with Crippen LogP contribution in [0.25, 0.3) is 6.08 Å². The minimum absolute atomic E-state index is 0.117. The average molecular weight is 492 g/mol. The Morgan fingerprint density at radius 2 is 1.74 bits per heavy atom.